The van der Waals surface area contributed by atoms with Crippen molar-refractivity contribution in [1.82, 2.24) is 20.5 Å². The first-order chi connectivity index (χ1) is 15.7. The number of hydrogen-bond acceptors (Lipinski definition) is 4. The van der Waals surface area contributed by atoms with Gasteiger partial charge in [0.15, 0.2) is 11.7 Å². The number of hydrogen-bond donors (Lipinski definition) is 2. The Hall–Kier alpha value is -2.88. The lowest BCUT2D eigenvalue weighted by Crippen LogP contribution is -2.40. The predicted molar refractivity (Wildman–Crippen MR) is 140 cm³/mol. The van der Waals surface area contributed by atoms with Crippen LogP contribution in [0.1, 0.15) is 17.9 Å². The van der Waals surface area contributed by atoms with Gasteiger partial charge in [-0.1, -0.05) is 60.7 Å². The first kappa shape index (κ1) is 24.8. The standard InChI is InChI=1S/C25H29N5O2.HI/c1-26-25(29-17-23-27-16-22(32-23)21-10-6-3-7-11-21)28-15-20-14-24(31)30(18-20)13-12-19-8-4-2-5-9-19;/h2-11,16,20H,12-15,17-18H2,1H3,(H2,26,28,29);1H. The van der Waals surface area contributed by atoms with E-state index in [-0.39, 0.29) is 35.8 Å². The van der Waals surface area contributed by atoms with Crippen molar-refractivity contribution in [3.8, 4) is 11.3 Å². The minimum atomic E-state index is 0. The van der Waals surface area contributed by atoms with Gasteiger partial charge in [-0.05, 0) is 12.0 Å². The highest BCUT2D eigenvalue weighted by Crippen LogP contribution is 2.20. The summed E-state index contributed by atoms with van der Waals surface area (Å²) in [6, 6.07) is 20.2. The lowest BCUT2D eigenvalue weighted by Gasteiger charge is -2.17. The second kappa shape index (κ2) is 12.4. The van der Waals surface area contributed by atoms with Crippen LogP contribution in [-0.2, 0) is 17.8 Å². The fourth-order valence-corrected chi connectivity index (χ4v) is 3.86. The van der Waals surface area contributed by atoms with E-state index in [1.54, 1.807) is 13.2 Å². The molecule has 0 saturated carbocycles. The second-order valence-corrected chi connectivity index (χ2v) is 7.94. The molecule has 1 saturated heterocycles. The van der Waals surface area contributed by atoms with Gasteiger partial charge in [-0.15, -0.1) is 24.0 Å². The first-order valence-corrected chi connectivity index (χ1v) is 11.0. The molecule has 0 bridgehead atoms. The number of oxazole rings is 1. The maximum Gasteiger partial charge on any atom is 0.223 e. The molecule has 4 rings (SSSR count). The Kier molecular flexibility index (Phi) is 9.29. The Balaban J connectivity index is 0.00000306. The van der Waals surface area contributed by atoms with E-state index in [2.05, 4.69) is 32.7 Å². The molecule has 33 heavy (non-hydrogen) atoms. The van der Waals surface area contributed by atoms with Crippen LogP contribution in [0.5, 0.6) is 0 Å². The Morgan fingerprint density at radius 1 is 1.12 bits per heavy atom. The van der Waals surface area contributed by atoms with Gasteiger partial charge in [0.1, 0.15) is 0 Å². The summed E-state index contributed by atoms with van der Waals surface area (Å²) in [5, 5.41) is 6.55. The number of nitrogens with one attached hydrogen (secondary N) is 2. The summed E-state index contributed by atoms with van der Waals surface area (Å²) in [5.74, 6) is 2.49. The van der Waals surface area contributed by atoms with E-state index in [9.17, 15) is 4.79 Å². The van der Waals surface area contributed by atoms with Crippen molar-refractivity contribution in [3.63, 3.8) is 0 Å². The van der Waals surface area contributed by atoms with Gasteiger partial charge in [-0.25, -0.2) is 4.98 Å². The SMILES string of the molecule is CN=C(NCc1ncc(-c2ccccc2)o1)NCC1CC(=O)N(CCc2ccccc2)C1.I. The van der Waals surface area contributed by atoms with Crippen LogP contribution in [0.3, 0.4) is 0 Å². The molecule has 0 spiro atoms. The summed E-state index contributed by atoms with van der Waals surface area (Å²) in [7, 11) is 1.73. The number of likely N-dealkylation sites (tertiary alicyclic amines) is 1. The zero-order valence-electron chi connectivity index (χ0n) is 18.7. The highest BCUT2D eigenvalue weighted by atomic mass is 127. The normalized spacial score (nSPS) is 15.9. The molecule has 3 aromatic rings. The molecule has 1 amide bonds. The van der Waals surface area contributed by atoms with E-state index < -0.39 is 0 Å². The van der Waals surface area contributed by atoms with Crippen LogP contribution in [0, 0.1) is 5.92 Å². The van der Waals surface area contributed by atoms with E-state index in [4.69, 9.17) is 4.42 Å². The molecule has 2 aromatic carbocycles. The Labute approximate surface area is 211 Å². The number of carbonyl (C=O) groups is 1. The van der Waals surface area contributed by atoms with Gasteiger partial charge >= 0.3 is 0 Å². The maximum atomic E-state index is 12.4. The number of rotatable bonds is 8. The van der Waals surface area contributed by atoms with Gasteiger partial charge in [0.25, 0.3) is 0 Å². The molecule has 1 aromatic heterocycles. The molecule has 2 heterocycles. The van der Waals surface area contributed by atoms with Crippen molar-refractivity contribution in [2.24, 2.45) is 10.9 Å². The zero-order valence-corrected chi connectivity index (χ0v) is 21.1. The molecule has 0 radical (unpaired) electrons. The minimum absolute atomic E-state index is 0. The largest absolute Gasteiger partial charge is 0.439 e. The van der Waals surface area contributed by atoms with Crippen LogP contribution in [-0.4, -0.2) is 48.4 Å². The third-order valence-corrected chi connectivity index (χ3v) is 5.61. The van der Waals surface area contributed by atoms with Gasteiger partial charge in [0.2, 0.25) is 11.8 Å². The van der Waals surface area contributed by atoms with Crippen LogP contribution < -0.4 is 10.6 Å². The van der Waals surface area contributed by atoms with Crippen LogP contribution >= 0.6 is 24.0 Å². The summed E-state index contributed by atoms with van der Waals surface area (Å²) < 4.78 is 5.83. The summed E-state index contributed by atoms with van der Waals surface area (Å²) in [5.41, 5.74) is 2.25. The van der Waals surface area contributed by atoms with Crippen molar-refractivity contribution in [3.05, 3.63) is 78.3 Å². The summed E-state index contributed by atoms with van der Waals surface area (Å²) in [6.45, 7) is 2.66. The fourth-order valence-electron chi connectivity index (χ4n) is 3.86. The molecule has 2 N–H and O–H groups in total. The van der Waals surface area contributed by atoms with E-state index in [1.165, 1.54) is 5.56 Å². The van der Waals surface area contributed by atoms with Crippen LogP contribution in [0.4, 0.5) is 0 Å². The lowest BCUT2D eigenvalue weighted by atomic mass is 10.1. The monoisotopic (exact) mass is 559 g/mol. The van der Waals surface area contributed by atoms with Crippen LogP contribution in [0.25, 0.3) is 11.3 Å². The van der Waals surface area contributed by atoms with Gasteiger partial charge < -0.3 is 20.0 Å². The molecule has 1 atom stereocenters. The zero-order chi connectivity index (χ0) is 22.2. The van der Waals surface area contributed by atoms with E-state index in [0.717, 1.165) is 30.8 Å². The molecule has 7 nitrogen and oxygen atoms in total. The topological polar surface area (TPSA) is 82.8 Å². The molecule has 1 aliphatic heterocycles. The molecule has 0 aliphatic carbocycles. The molecule has 8 heteroatoms. The fraction of sp³-hybridized carbons (Fsp3) is 0.320. The van der Waals surface area contributed by atoms with Gasteiger partial charge in [0, 0.05) is 44.6 Å². The third-order valence-electron chi connectivity index (χ3n) is 5.61. The number of aliphatic imine (C=N–C) groups is 1. The number of nitrogens with zero attached hydrogens (tertiary/aromatic N) is 3. The summed E-state index contributed by atoms with van der Waals surface area (Å²) in [4.78, 5) is 23.0. The molecule has 1 unspecified atom stereocenters. The molecule has 174 valence electrons. The maximum absolute atomic E-state index is 12.4. The van der Waals surface area contributed by atoms with Crippen molar-refractivity contribution in [2.45, 2.75) is 19.4 Å². The predicted octanol–water partition coefficient (Wildman–Crippen LogP) is 3.72. The highest BCUT2D eigenvalue weighted by molar-refractivity contribution is 14.0. The summed E-state index contributed by atoms with van der Waals surface area (Å²) >= 11 is 0. The Morgan fingerprint density at radius 2 is 1.85 bits per heavy atom. The molecular weight excluding hydrogens is 529 g/mol. The number of aromatic nitrogens is 1. The average molecular weight is 559 g/mol. The number of amides is 1. The smallest absolute Gasteiger partial charge is 0.223 e. The molecule has 1 aliphatic rings. The van der Waals surface area contributed by atoms with Gasteiger partial charge in [0.05, 0.1) is 12.7 Å². The Bertz CT molecular complexity index is 1040. The highest BCUT2D eigenvalue weighted by Gasteiger charge is 2.29. The van der Waals surface area contributed by atoms with E-state index >= 15 is 0 Å². The Morgan fingerprint density at radius 3 is 2.58 bits per heavy atom. The van der Waals surface area contributed by atoms with Crippen molar-refractivity contribution >= 4 is 35.8 Å². The third kappa shape index (κ3) is 7.05. The minimum Gasteiger partial charge on any atom is -0.439 e. The molecular formula is C25H30IN5O2. The average Bonchev–Trinajstić information content (AvgIpc) is 3.45. The lowest BCUT2D eigenvalue weighted by molar-refractivity contribution is -0.127. The van der Waals surface area contributed by atoms with E-state index in [1.807, 2.05) is 53.4 Å². The number of guanidine groups is 1. The van der Waals surface area contributed by atoms with E-state index in [0.29, 0.717) is 31.4 Å². The number of halogens is 1. The quantitative estimate of drug-likeness (QED) is 0.250. The number of benzene rings is 2. The summed E-state index contributed by atoms with van der Waals surface area (Å²) in [6.07, 6.45) is 3.19. The van der Waals surface area contributed by atoms with Gasteiger partial charge in [-0.2, -0.15) is 0 Å². The first-order valence-electron chi connectivity index (χ1n) is 11.0. The van der Waals surface area contributed by atoms with Gasteiger partial charge in [-0.3, -0.25) is 9.79 Å². The second-order valence-electron chi connectivity index (χ2n) is 7.94. The molecule has 1 fully saturated rings. The van der Waals surface area contributed by atoms with Crippen molar-refractivity contribution < 1.29 is 9.21 Å². The number of carbonyl (C=O) groups excluding carboxylic acids is 1. The van der Waals surface area contributed by atoms with Crippen molar-refractivity contribution in [2.75, 3.05) is 26.7 Å². The van der Waals surface area contributed by atoms with Crippen LogP contribution in [0.15, 0.2) is 76.3 Å². The van der Waals surface area contributed by atoms with Crippen molar-refractivity contribution in [1.29, 1.82) is 0 Å². The van der Waals surface area contributed by atoms with Crippen LogP contribution in [0.2, 0.25) is 0 Å².